The number of nitrogens with one attached hydrogen (secondary N) is 4. The lowest BCUT2D eigenvalue weighted by molar-refractivity contribution is 0.967. The zero-order valence-electron chi connectivity index (χ0n) is 13.0. The van der Waals surface area contributed by atoms with Gasteiger partial charge in [0.25, 0.3) is 0 Å². The summed E-state index contributed by atoms with van der Waals surface area (Å²) in [6, 6.07) is 0. The average molecular weight is 300 g/mol. The van der Waals surface area contributed by atoms with Crippen LogP contribution in [0.3, 0.4) is 0 Å². The van der Waals surface area contributed by atoms with Crippen molar-refractivity contribution in [2.24, 2.45) is 0 Å². The molecule has 2 aromatic rings. The van der Waals surface area contributed by atoms with E-state index in [0.29, 0.717) is 41.1 Å². The van der Waals surface area contributed by atoms with Crippen LogP contribution in [0, 0.1) is 12.3 Å². The van der Waals surface area contributed by atoms with Crippen LogP contribution >= 0.6 is 0 Å². The van der Waals surface area contributed by atoms with E-state index in [1.54, 1.807) is 14.1 Å². The van der Waals surface area contributed by atoms with Crippen LogP contribution in [0.4, 0.5) is 23.5 Å². The van der Waals surface area contributed by atoms with Crippen LogP contribution in [-0.2, 0) is 0 Å². The molecule has 0 aliphatic heterocycles. The van der Waals surface area contributed by atoms with E-state index in [4.69, 9.17) is 6.42 Å². The monoisotopic (exact) mass is 300 g/mol. The molecule has 0 unspecified atom stereocenters. The van der Waals surface area contributed by atoms with Gasteiger partial charge in [-0.25, -0.2) is 9.97 Å². The molecule has 0 spiro atoms. The molecule has 22 heavy (non-hydrogen) atoms. The summed E-state index contributed by atoms with van der Waals surface area (Å²) in [5.41, 5.74) is 1.26. The van der Waals surface area contributed by atoms with E-state index < -0.39 is 0 Å². The number of hydrogen-bond acceptors (Lipinski definition) is 8. The van der Waals surface area contributed by atoms with Gasteiger partial charge in [-0.05, 0) is 6.42 Å². The van der Waals surface area contributed by atoms with E-state index in [2.05, 4.69) is 54.0 Å². The number of anilines is 4. The Balaban J connectivity index is 2.64. The molecule has 0 saturated carbocycles. The third-order valence-corrected chi connectivity index (χ3v) is 2.89. The first-order chi connectivity index (χ1) is 10.7. The highest BCUT2D eigenvalue weighted by Gasteiger charge is 2.14. The molecular weight excluding hydrogens is 280 g/mol. The third-order valence-electron chi connectivity index (χ3n) is 2.89. The summed E-state index contributed by atoms with van der Waals surface area (Å²) in [7, 11) is 3.52. The summed E-state index contributed by atoms with van der Waals surface area (Å²) in [4.78, 5) is 17.7. The highest BCUT2D eigenvalue weighted by Crippen LogP contribution is 2.26. The molecule has 8 nitrogen and oxygen atoms in total. The van der Waals surface area contributed by atoms with Crippen LogP contribution < -0.4 is 21.3 Å². The second kappa shape index (κ2) is 7.26. The van der Waals surface area contributed by atoms with Crippen LogP contribution in [0.25, 0.3) is 11.0 Å². The molecule has 0 saturated heterocycles. The number of fused-ring (bicyclic) bond motifs is 1. The van der Waals surface area contributed by atoms with E-state index in [0.717, 1.165) is 13.0 Å². The molecule has 0 aliphatic carbocycles. The van der Waals surface area contributed by atoms with Gasteiger partial charge in [-0.15, -0.1) is 6.42 Å². The Labute approximate surface area is 129 Å². The van der Waals surface area contributed by atoms with Crippen LogP contribution in [-0.4, -0.2) is 47.1 Å². The molecular formula is C14H20N8. The van der Waals surface area contributed by atoms with Crippen molar-refractivity contribution >= 4 is 34.6 Å². The predicted octanol–water partition coefficient (Wildman–Crippen LogP) is 1.37. The van der Waals surface area contributed by atoms with Crippen LogP contribution in [0.15, 0.2) is 0 Å². The quantitative estimate of drug-likeness (QED) is 0.569. The molecule has 0 aromatic carbocycles. The van der Waals surface area contributed by atoms with Crippen molar-refractivity contribution in [3.05, 3.63) is 0 Å². The van der Waals surface area contributed by atoms with Crippen molar-refractivity contribution < 1.29 is 0 Å². The van der Waals surface area contributed by atoms with Gasteiger partial charge >= 0.3 is 0 Å². The zero-order valence-corrected chi connectivity index (χ0v) is 13.0. The number of hydrogen-bond donors (Lipinski definition) is 4. The van der Waals surface area contributed by atoms with Crippen LogP contribution in [0.2, 0.25) is 0 Å². The normalized spacial score (nSPS) is 10.1. The average Bonchev–Trinajstić information content (AvgIpc) is 2.56. The van der Waals surface area contributed by atoms with Gasteiger partial charge in [-0.2, -0.15) is 9.97 Å². The van der Waals surface area contributed by atoms with Gasteiger partial charge in [0.1, 0.15) is 11.0 Å². The summed E-state index contributed by atoms with van der Waals surface area (Å²) in [5, 5.41) is 12.2. The summed E-state index contributed by atoms with van der Waals surface area (Å²) in [5.74, 6) is 4.74. The molecule has 116 valence electrons. The van der Waals surface area contributed by atoms with Crippen molar-refractivity contribution in [1.82, 2.24) is 19.9 Å². The van der Waals surface area contributed by atoms with Gasteiger partial charge in [0, 0.05) is 20.6 Å². The van der Waals surface area contributed by atoms with Crippen molar-refractivity contribution in [2.75, 3.05) is 48.5 Å². The fourth-order valence-corrected chi connectivity index (χ4v) is 1.86. The van der Waals surface area contributed by atoms with E-state index in [1.807, 2.05) is 0 Å². The lowest BCUT2D eigenvalue weighted by Gasteiger charge is -2.13. The van der Waals surface area contributed by atoms with Crippen LogP contribution in [0.5, 0.6) is 0 Å². The third kappa shape index (κ3) is 3.25. The largest absolute Gasteiger partial charge is 0.368 e. The molecule has 2 aromatic heterocycles. The number of terminal acetylenes is 1. The molecule has 0 radical (unpaired) electrons. The molecule has 2 heterocycles. The summed E-state index contributed by atoms with van der Waals surface area (Å²) in [6.07, 6.45) is 6.29. The molecule has 0 fully saturated rings. The fourth-order valence-electron chi connectivity index (χ4n) is 1.86. The topological polar surface area (TPSA) is 99.7 Å². The Kier molecular flexibility index (Phi) is 5.14. The summed E-state index contributed by atoms with van der Waals surface area (Å²) >= 11 is 0. The second-order valence-corrected chi connectivity index (χ2v) is 4.47. The standard InChI is InChI=1S/C14H20N8/c1-5-7-17-11-9-10(20-13(15-3)21-11)12(18-8-6-2)22-14(16-4)19-9/h1H,6-8H2,2-4H3,(H2,15,17,20,21)(H2,16,18,19,22). The summed E-state index contributed by atoms with van der Waals surface area (Å²) in [6.45, 7) is 3.23. The number of rotatable bonds is 7. The van der Waals surface area contributed by atoms with Gasteiger partial charge < -0.3 is 21.3 Å². The summed E-state index contributed by atoms with van der Waals surface area (Å²) < 4.78 is 0. The molecule has 0 bridgehead atoms. The Hall–Kier alpha value is -2.82. The highest BCUT2D eigenvalue weighted by molar-refractivity contribution is 5.94. The van der Waals surface area contributed by atoms with E-state index in [1.165, 1.54) is 0 Å². The van der Waals surface area contributed by atoms with Gasteiger partial charge in [-0.3, -0.25) is 0 Å². The Morgan fingerprint density at radius 3 is 1.91 bits per heavy atom. The zero-order chi connectivity index (χ0) is 15.9. The first-order valence-electron chi connectivity index (χ1n) is 7.10. The van der Waals surface area contributed by atoms with Gasteiger partial charge in [-0.1, -0.05) is 12.8 Å². The fraction of sp³-hybridized carbons (Fsp3) is 0.429. The number of aromatic nitrogens is 4. The minimum Gasteiger partial charge on any atom is -0.368 e. The first-order valence-corrected chi connectivity index (χ1v) is 7.10. The first kappa shape index (κ1) is 15.6. The maximum atomic E-state index is 5.31. The Bertz CT molecular complexity index is 691. The molecule has 0 amide bonds. The Morgan fingerprint density at radius 2 is 1.45 bits per heavy atom. The smallest absolute Gasteiger partial charge is 0.225 e. The van der Waals surface area contributed by atoms with Crippen molar-refractivity contribution in [3.63, 3.8) is 0 Å². The molecule has 8 heteroatoms. The minimum atomic E-state index is 0.353. The molecule has 0 aliphatic rings. The predicted molar refractivity (Wildman–Crippen MR) is 90.3 cm³/mol. The lowest BCUT2D eigenvalue weighted by Crippen LogP contribution is -2.11. The SMILES string of the molecule is C#CCNc1nc(NC)nc2c(NCCC)nc(NC)nc12. The van der Waals surface area contributed by atoms with E-state index in [9.17, 15) is 0 Å². The maximum Gasteiger partial charge on any atom is 0.225 e. The van der Waals surface area contributed by atoms with Crippen molar-refractivity contribution in [1.29, 1.82) is 0 Å². The lowest BCUT2D eigenvalue weighted by atomic mass is 10.3. The highest BCUT2D eigenvalue weighted by atomic mass is 15.2. The second-order valence-electron chi connectivity index (χ2n) is 4.47. The molecule has 4 N–H and O–H groups in total. The van der Waals surface area contributed by atoms with E-state index in [-0.39, 0.29) is 0 Å². The Morgan fingerprint density at radius 1 is 0.909 bits per heavy atom. The maximum absolute atomic E-state index is 5.31. The van der Waals surface area contributed by atoms with Gasteiger partial charge in [0.2, 0.25) is 11.9 Å². The van der Waals surface area contributed by atoms with E-state index >= 15 is 0 Å². The van der Waals surface area contributed by atoms with Crippen molar-refractivity contribution in [3.8, 4) is 12.3 Å². The minimum absolute atomic E-state index is 0.353. The van der Waals surface area contributed by atoms with Crippen molar-refractivity contribution in [2.45, 2.75) is 13.3 Å². The van der Waals surface area contributed by atoms with Crippen LogP contribution in [0.1, 0.15) is 13.3 Å². The molecule has 2 rings (SSSR count). The van der Waals surface area contributed by atoms with Gasteiger partial charge in [0.15, 0.2) is 11.6 Å². The number of nitrogens with zero attached hydrogens (tertiary/aromatic N) is 4. The molecule has 0 atom stereocenters. The van der Waals surface area contributed by atoms with Gasteiger partial charge in [0.05, 0.1) is 6.54 Å².